The van der Waals surface area contributed by atoms with Crippen molar-refractivity contribution < 1.29 is 0 Å². The lowest BCUT2D eigenvalue weighted by atomic mass is 10.3. The van der Waals surface area contributed by atoms with Crippen LogP contribution in [0.25, 0.3) is 22.4 Å². The van der Waals surface area contributed by atoms with E-state index in [1.807, 2.05) is 41.8 Å². The van der Waals surface area contributed by atoms with Crippen LogP contribution in [0.3, 0.4) is 0 Å². The van der Waals surface area contributed by atoms with Gasteiger partial charge in [0.15, 0.2) is 0 Å². The molecule has 144 valence electrons. The van der Waals surface area contributed by atoms with E-state index < -0.39 is 0 Å². The smallest absolute Gasteiger partial charge is 0.269 e. The molecule has 3 heterocycles. The maximum absolute atomic E-state index is 12.8. The standard InChI is InChI=1S/C21H21N3OS3/c1-4-23-14(3)13-26-19(23)11-10-17-21(25)24(5-2)20(28-17)12-18-22-15-8-6-7-9-16(15)27-18/h6-13H,4-5H2,1-3H3/b17-10?,19-11?,20-12-. The van der Waals surface area contributed by atoms with Gasteiger partial charge in [-0.2, -0.15) is 0 Å². The first-order valence-electron chi connectivity index (χ1n) is 9.20. The topological polar surface area (TPSA) is 38.1 Å². The number of nitrogens with zero attached hydrogens (tertiary/aromatic N) is 3. The van der Waals surface area contributed by atoms with Gasteiger partial charge in [-0.25, -0.2) is 4.98 Å². The van der Waals surface area contributed by atoms with Crippen molar-refractivity contribution in [1.29, 1.82) is 0 Å². The Morgan fingerprint density at radius 2 is 1.93 bits per heavy atom. The Labute approximate surface area is 175 Å². The van der Waals surface area contributed by atoms with Gasteiger partial charge in [0.25, 0.3) is 5.56 Å². The van der Waals surface area contributed by atoms with E-state index in [9.17, 15) is 4.79 Å². The number of hydrogen-bond donors (Lipinski definition) is 0. The molecule has 3 aromatic rings. The highest BCUT2D eigenvalue weighted by molar-refractivity contribution is 8.06. The molecule has 0 spiro atoms. The summed E-state index contributed by atoms with van der Waals surface area (Å²) < 4.78 is 4.68. The van der Waals surface area contributed by atoms with Crippen molar-refractivity contribution in [2.75, 3.05) is 6.54 Å². The first-order valence-corrected chi connectivity index (χ1v) is 11.7. The SMILES string of the molecule is CCN1C(C)=CSC1=CC=c1s/c(=C\c2nc3ccccc3s2)n(CC)c1=O. The maximum atomic E-state index is 12.8. The molecular weight excluding hydrogens is 406 g/mol. The molecule has 1 aliphatic rings. The van der Waals surface area contributed by atoms with Gasteiger partial charge in [0, 0.05) is 24.9 Å². The van der Waals surface area contributed by atoms with Gasteiger partial charge >= 0.3 is 0 Å². The van der Waals surface area contributed by atoms with Crippen molar-refractivity contribution in [1.82, 2.24) is 14.5 Å². The summed E-state index contributed by atoms with van der Waals surface area (Å²) in [4.78, 5) is 19.8. The lowest BCUT2D eigenvalue weighted by Crippen LogP contribution is -2.30. The van der Waals surface area contributed by atoms with E-state index in [1.54, 1.807) is 23.1 Å². The summed E-state index contributed by atoms with van der Waals surface area (Å²) in [5.41, 5.74) is 2.31. The fraction of sp³-hybridized carbons (Fsp3) is 0.238. The highest BCUT2D eigenvalue weighted by Gasteiger charge is 2.15. The van der Waals surface area contributed by atoms with Gasteiger partial charge in [0.2, 0.25) is 0 Å². The van der Waals surface area contributed by atoms with E-state index in [-0.39, 0.29) is 5.56 Å². The number of allylic oxidation sites excluding steroid dienone is 2. The lowest BCUT2D eigenvalue weighted by Gasteiger charge is -2.18. The number of hydrogen-bond acceptors (Lipinski definition) is 6. The van der Waals surface area contributed by atoms with Crippen LogP contribution in [0.5, 0.6) is 0 Å². The number of rotatable bonds is 4. The van der Waals surface area contributed by atoms with Crippen LogP contribution in [0.4, 0.5) is 0 Å². The van der Waals surface area contributed by atoms with Crippen molar-refractivity contribution in [3.63, 3.8) is 0 Å². The molecular formula is C21H21N3OS3. The highest BCUT2D eigenvalue weighted by Crippen LogP contribution is 2.33. The van der Waals surface area contributed by atoms with Crippen LogP contribution in [-0.2, 0) is 6.54 Å². The molecule has 4 rings (SSSR count). The monoisotopic (exact) mass is 427 g/mol. The average Bonchev–Trinajstić information content (AvgIpc) is 3.35. The van der Waals surface area contributed by atoms with E-state index in [0.717, 1.165) is 36.0 Å². The summed E-state index contributed by atoms with van der Waals surface area (Å²) in [6, 6.07) is 8.11. The fourth-order valence-electron chi connectivity index (χ4n) is 3.14. The molecule has 0 fully saturated rings. The van der Waals surface area contributed by atoms with Crippen LogP contribution in [0, 0.1) is 0 Å². The van der Waals surface area contributed by atoms with Crippen LogP contribution in [-0.4, -0.2) is 21.0 Å². The van der Waals surface area contributed by atoms with Crippen LogP contribution >= 0.6 is 34.4 Å². The second kappa shape index (κ2) is 8.11. The maximum Gasteiger partial charge on any atom is 0.269 e. The van der Waals surface area contributed by atoms with Crippen LogP contribution < -0.4 is 14.8 Å². The summed E-state index contributed by atoms with van der Waals surface area (Å²) >= 11 is 4.88. The molecule has 28 heavy (non-hydrogen) atoms. The molecule has 0 radical (unpaired) electrons. The average molecular weight is 428 g/mol. The molecule has 0 saturated heterocycles. The largest absolute Gasteiger partial charge is 0.340 e. The first-order chi connectivity index (χ1) is 13.6. The number of thiazole rings is 2. The normalized spacial score (nSPS) is 17.3. The van der Waals surface area contributed by atoms with Crippen molar-refractivity contribution in [3.8, 4) is 0 Å². The molecule has 7 heteroatoms. The Morgan fingerprint density at radius 3 is 2.68 bits per heavy atom. The molecule has 0 atom stereocenters. The van der Waals surface area contributed by atoms with Crippen molar-refractivity contribution in [2.45, 2.75) is 27.3 Å². The lowest BCUT2D eigenvalue weighted by molar-refractivity contribution is 0.489. The number of thioether (sulfide) groups is 1. The zero-order valence-electron chi connectivity index (χ0n) is 16.0. The minimum Gasteiger partial charge on any atom is -0.340 e. The molecule has 0 amide bonds. The van der Waals surface area contributed by atoms with Crippen LogP contribution in [0.1, 0.15) is 25.8 Å². The molecule has 1 aromatic carbocycles. The van der Waals surface area contributed by atoms with E-state index in [2.05, 4.69) is 41.3 Å². The predicted octanol–water partition coefficient (Wildman–Crippen LogP) is 3.92. The number of para-hydroxylation sites is 1. The summed E-state index contributed by atoms with van der Waals surface area (Å²) in [6.07, 6.45) is 6.03. The fourth-order valence-corrected chi connectivity index (χ4v) is 6.14. The minimum absolute atomic E-state index is 0.0624. The van der Waals surface area contributed by atoms with Gasteiger partial charge in [-0.3, -0.25) is 9.36 Å². The molecule has 0 saturated carbocycles. The molecule has 0 aliphatic carbocycles. The van der Waals surface area contributed by atoms with Crippen molar-refractivity contribution in [2.24, 2.45) is 0 Å². The highest BCUT2D eigenvalue weighted by atomic mass is 32.2. The van der Waals surface area contributed by atoms with Gasteiger partial charge in [-0.15, -0.1) is 22.7 Å². The van der Waals surface area contributed by atoms with Gasteiger partial charge in [-0.1, -0.05) is 23.9 Å². The predicted molar refractivity (Wildman–Crippen MR) is 123 cm³/mol. The third-order valence-corrected chi connectivity index (χ3v) is 7.66. The summed E-state index contributed by atoms with van der Waals surface area (Å²) in [5, 5.41) is 4.24. The Kier molecular flexibility index (Phi) is 5.57. The van der Waals surface area contributed by atoms with Crippen LogP contribution in [0.15, 0.2) is 51.3 Å². The second-order valence-corrected chi connectivity index (χ2v) is 9.33. The van der Waals surface area contributed by atoms with Gasteiger partial charge in [0.1, 0.15) is 9.67 Å². The van der Waals surface area contributed by atoms with Crippen molar-refractivity contribution in [3.05, 3.63) is 71.0 Å². The minimum atomic E-state index is 0.0624. The molecule has 4 nitrogen and oxygen atoms in total. The molecule has 0 N–H and O–H groups in total. The second-order valence-electron chi connectivity index (χ2n) is 6.31. The third kappa shape index (κ3) is 3.62. The van der Waals surface area contributed by atoms with E-state index in [4.69, 9.17) is 0 Å². The van der Waals surface area contributed by atoms with Gasteiger partial charge in [-0.05, 0) is 50.5 Å². The third-order valence-electron chi connectivity index (χ3n) is 4.55. The summed E-state index contributed by atoms with van der Waals surface area (Å²) in [5.74, 6) is 0. The zero-order chi connectivity index (χ0) is 19.7. The summed E-state index contributed by atoms with van der Waals surface area (Å²) in [6.45, 7) is 7.82. The van der Waals surface area contributed by atoms with Crippen molar-refractivity contribution >= 4 is 56.8 Å². The Balaban J connectivity index is 1.77. The molecule has 2 aromatic heterocycles. The number of fused-ring (bicyclic) bond motifs is 1. The molecule has 0 bridgehead atoms. The quantitative estimate of drug-likeness (QED) is 0.633. The number of benzene rings is 1. The Hall–Kier alpha value is -2.09. The Bertz CT molecular complexity index is 1230. The number of aromatic nitrogens is 2. The van der Waals surface area contributed by atoms with E-state index >= 15 is 0 Å². The van der Waals surface area contributed by atoms with Crippen LogP contribution in [0.2, 0.25) is 0 Å². The van der Waals surface area contributed by atoms with E-state index in [0.29, 0.717) is 6.54 Å². The van der Waals surface area contributed by atoms with Gasteiger partial charge in [0.05, 0.1) is 19.8 Å². The molecule has 1 aliphatic heterocycles. The summed E-state index contributed by atoms with van der Waals surface area (Å²) in [7, 11) is 0. The van der Waals surface area contributed by atoms with Gasteiger partial charge < -0.3 is 4.90 Å². The Morgan fingerprint density at radius 1 is 1.11 bits per heavy atom. The first kappa shape index (κ1) is 19.2. The zero-order valence-corrected chi connectivity index (χ0v) is 18.5. The van der Waals surface area contributed by atoms with E-state index in [1.165, 1.54) is 17.0 Å². The molecule has 0 unspecified atom stereocenters.